The Morgan fingerprint density at radius 1 is 1.42 bits per heavy atom. The summed E-state index contributed by atoms with van der Waals surface area (Å²) in [4.78, 5) is 16.4. The lowest BCUT2D eigenvalue weighted by Gasteiger charge is -2.26. The number of carbonyl (C=O) groups is 1. The number of pyridine rings is 1. The highest BCUT2D eigenvalue weighted by Crippen LogP contribution is 2.21. The van der Waals surface area contributed by atoms with Gasteiger partial charge < -0.3 is 15.7 Å². The summed E-state index contributed by atoms with van der Waals surface area (Å²) in [6.45, 7) is 0. The van der Waals surface area contributed by atoms with Gasteiger partial charge in [-0.2, -0.15) is 0 Å². The summed E-state index contributed by atoms with van der Waals surface area (Å²) in [6.07, 6.45) is 4.58. The van der Waals surface area contributed by atoms with Crippen molar-refractivity contribution >= 4 is 27.7 Å². The Balaban J connectivity index is 2.05. The Morgan fingerprint density at radius 3 is 2.74 bits per heavy atom. The number of aromatic nitrogens is 1. The van der Waals surface area contributed by atoms with Crippen molar-refractivity contribution in [1.82, 2.24) is 10.3 Å². The van der Waals surface area contributed by atoms with E-state index in [1.807, 2.05) is 0 Å². The largest absolute Gasteiger partial charge is 0.393 e. The molecule has 1 saturated carbocycles. The van der Waals surface area contributed by atoms with Crippen LogP contribution in [0.15, 0.2) is 16.7 Å². The first-order chi connectivity index (χ1) is 9.10. The fraction of sp³-hybridized carbons (Fsp3) is 0.538. The smallest absolute Gasteiger partial charge is 0.255 e. The third kappa shape index (κ3) is 3.67. The van der Waals surface area contributed by atoms with Crippen molar-refractivity contribution < 1.29 is 9.90 Å². The predicted octanol–water partition coefficient (Wildman–Crippen LogP) is 1.92. The number of anilines is 1. The molecule has 0 bridgehead atoms. The maximum absolute atomic E-state index is 12.3. The highest BCUT2D eigenvalue weighted by atomic mass is 79.9. The molecule has 104 valence electrons. The van der Waals surface area contributed by atoms with Gasteiger partial charge in [-0.05, 0) is 47.7 Å². The molecular formula is C13H18BrN3O2. The third-order valence-corrected chi connectivity index (χ3v) is 3.80. The number of amides is 1. The molecule has 6 heteroatoms. The van der Waals surface area contributed by atoms with E-state index in [1.54, 1.807) is 19.3 Å². The standard InChI is InChI=1S/C13H18BrN3O2/c1-15-12-11(6-8(14)7-16-12)13(19)17-9-2-4-10(18)5-3-9/h6-7,9-10,18H,2-5H2,1H3,(H,15,16)(H,17,19). The van der Waals surface area contributed by atoms with Crippen molar-refractivity contribution in [2.24, 2.45) is 0 Å². The number of hydrogen-bond donors (Lipinski definition) is 3. The normalized spacial score (nSPS) is 22.9. The minimum atomic E-state index is -0.214. The second-order valence-corrected chi connectivity index (χ2v) is 5.69. The summed E-state index contributed by atoms with van der Waals surface area (Å²) in [5.74, 6) is 0.441. The lowest BCUT2D eigenvalue weighted by molar-refractivity contribution is 0.0868. The van der Waals surface area contributed by atoms with Crippen LogP contribution in [0.3, 0.4) is 0 Å². The highest BCUT2D eigenvalue weighted by molar-refractivity contribution is 9.10. The van der Waals surface area contributed by atoms with Gasteiger partial charge in [-0.15, -0.1) is 0 Å². The number of carbonyl (C=O) groups excluding carboxylic acids is 1. The van der Waals surface area contributed by atoms with E-state index < -0.39 is 0 Å². The summed E-state index contributed by atoms with van der Waals surface area (Å²) in [7, 11) is 1.74. The summed E-state index contributed by atoms with van der Waals surface area (Å²) in [6, 6.07) is 1.89. The fourth-order valence-corrected chi connectivity index (χ4v) is 2.63. The topological polar surface area (TPSA) is 74.2 Å². The van der Waals surface area contributed by atoms with Crippen molar-refractivity contribution in [1.29, 1.82) is 0 Å². The van der Waals surface area contributed by atoms with E-state index in [9.17, 15) is 9.90 Å². The molecule has 0 aliphatic heterocycles. The molecule has 0 saturated heterocycles. The van der Waals surface area contributed by atoms with Gasteiger partial charge >= 0.3 is 0 Å². The van der Waals surface area contributed by atoms with Gasteiger partial charge in [-0.3, -0.25) is 4.79 Å². The Labute approximate surface area is 120 Å². The molecule has 2 rings (SSSR count). The molecule has 0 unspecified atom stereocenters. The van der Waals surface area contributed by atoms with Crippen molar-refractivity contribution in [2.75, 3.05) is 12.4 Å². The van der Waals surface area contributed by atoms with E-state index in [4.69, 9.17) is 0 Å². The van der Waals surface area contributed by atoms with Crippen LogP contribution >= 0.6 is 15.9 Å². The number of halogens is 1. The maximum Gasteiger partial charge on any atom is 0.255 e. The van der Waals surface area contributed by atoms with Gasteiger partial charge in [-0.25, -0.2) is 4.98 Å². The van der Waals surface area contributed by atoms with Gasteiger partial charge in [0.2, 0.25) is 0 Å². The molecule has 5 nitrogen and oxygen atoms in total. The van der Waals surface area contributed by atoms with Gasteiger partial charge in [0.25, 0.3) is 5.91 Å². The van der Waals surface area contributed by atoms with E-state index in [1.165, 1.54) is 0 Å². The molecular weight excluding hydrogens is 310 g/mol. The zero-order valence-corrected chi connectivity index (χ0v) is 12.4. The molecule has 1 aromatic heterocycles. The molecule has 1 aromatic rings. The molecule has 19 heavy (non-hydrogen) atoms. The monoisotopic (exact) mass is 327 g/mol. The summed E-state index contributed by atoms with van der Waals surface area (Å²) in [5, 5.41) is 15.4. The Morgan fingerprint density at radius 2 is 2.11 bits per heavy atom. The predicted molar refractivity (Wildman–Crippen MR) is 77.2 cm³/mol. The van der Waals surface area contributed by atoms with Crippen LogP contribution in [-0.4, -0.2) is 35.2 Å². The zero-order valence-electron chi connectivity index (χ0n) is 10.8. The number of nitrogens with one attached hydrogen (secondary N) is 2. The van der Waals surface area contributed by atoms with E-state index >= 15 is 0 Å². The van der Waals surface area contributed by atoms with Crippen LogP contribution in [-0.2, 0) is 0 Å². The second kappa shape index (κ2) is 6.34. The molecule has 1 heterocycles. The summed E-state index contributed by atoms with van der Waals surface area (Å²) in [5.41, 5.74) is 0.531. The number of hydrogen-bond acceptors (Lipinski definition) is 4. The number of nitrogens with zero attached hydrogens (tertiary/aromatic N) is 1. The molecule has 3 N–H and O–H groups in total. The highest BCUT2D eigenvalue weighted by Gasteiger charge is 2.22. The first-order valence-electron chi connectivity index (χ1n) is 6.42. The number of aliphatic hydroxyl groups excluding tert-OH is 1. The van der Waals surface area contributed by atoms with Crippen LogP contribution in [0.1, 0.15) is 36.0 Å². The zero-order chi connectivity index (χ0) is 13.8. The summed E-state index contributed by atoms with van der Waals surface area (Å²) < 4.78 is 0.774. The summed E-state index contributed by atoms with van der Waals surface area (Å²) >= 11 is 3.32. The van der Waals surface area contributed by atoms with Crippen molar-refractivity contribution in [2.45, 2.75) is 37.8 Å². The van der Waals surface area contributed by atoms with E-state index in [2.05, 4.69) is 31.5 Å². The van der Waals surface area contributed by atoms with E-state index in [0.29, 0.717) is 11.4 Å². The lowest BCUT2D eigenvalue weighted by atomic mass is 9.93. The van der Waals surface area contributed by atoms with E-state index in [-0.39, 0.29) is 18.1 Å². The van der Waals surface area contributed by atoms with Gasteiger partial charge in [0, 0.05) is 23.8 Å². The van der Waals surface area contributed by atoms with Crippen molar-refractivity contribution in [3.05, 3.63) is 22.3 Å². The Kier molecular flexibility index (Phi) is 4.76. The quantitative estimate of drug-likeness (QED) is 0.793. The van der Waals surface area contributed by atoms with Crippen LogP contribution in [0.4, 0.5) is 5.82 Å². The van der Waals surface area contributed by atoms with Crippen molar-refractivity contribution in [3.63, 3.8) is 0 Å². The molecule has 0 spiro atoms. The van der Waals surface area contributed by atoms with Crippen LogP contribution in [0, 0.1) is 0 Å². The van der Waals surface area contributed by atoms with Gasteiger partial charge in [0.15, 0.2) is 0 Å². The minimum Gasteiger partial charge on any atom is -0.393 e. The lowest BCUT2D eigenvalue weighted by Crippen LogP contribution is -2.38. The molecule has 0 aromatic carbocycles. The van der Waals surface area contributed by atoms with Gasteiger partial charge in [0.05, 0.1) is 11.7 Å². The molecule has 1 amide bonds. The third-order valence-electron chi connectivity index (χ3n) is 3.37. The molecule has 1 fully saturated rings. The molecule has 0 atom stereocenters. The molecule has 1 aliphatic carbocycles. The van der Waals surface area contributed by atoms with Crippen molar-refractivity contribution in [3.8, 4) is 0 Å². The van der Waals surface area contributed by atoms with Crippen LogP contribution in [0.25, 0.3) is 0 Å². The van der Waals surface area contributed by atoms with Gasteiger partial charge in [0.1, 0.15) is 5.82 Å². The Hall–Kier alpha value is -1.14. The van der Waals surface area contributed by atoms with E-state index in [0.717, 1.165) is 30.2 Å². The first kappa shape index (κ1) is 14.3. The fourth-order valence-electron chi connectivity index (χ4n) is 2.29. The molecule has 1 aliphatic rings. The van der Waals surface area contributed by atoms with Gasteiger partial charge in [-0.1, -0.05) is 0 Å². The number of rotatable bonds is 3. The SMILES string of the molecule is CNc1ncc(Br)cc1C(=O)NC1CCC(O)CC1. The van der Waals surface area contributed by atoms with Crippen LogP contribution in [0.2, 0.25) is 0 Å². The average Bonchev–Trinajstić information content (AvgIpc) is 2.41. The Bertz CT molecular complexity index is 459. The first-order valence-corrected chi connectivity index (χ1v) is 7.21. The average molecular weight is 328 g/mol. The number of aliphatic hydroxyl groups is 1. The molecule has 0 radical (unpaired) electrons. The maximum atomic E-state index is 12.3. The van der Waals surface area contributed by atoms with Crippen LogP contribution < -0.4 is 10.6 Å². The second-order valence-electron chi connectivity index (χ2n) is 4.78. The minimum absolute atomic E-state index is 0.125. The van der Waals surface area contributed by atoms with Crippen LogP contribution in [0.5, 0.6) is 0 Å².